The van der Waals surface area contributed by atoms with Crippen LogP contribution in [0.15, 0.2) is 30.3 Å². The lowest BCUT2D eigenvalue weighted by Gasteiger charge is -2.33. The molecule has 7 heteroatoms. The van der Waals surface area contributed by atoms with Crippen molar-refractivity contribution in [2.75, 3.05) is 39.3 Å². The Morgan fingerprint density at radius 3 is 2.45 bits per heavy atom. The van der Waals surface area contributed by atoms with Gasteiger partial charge in [0.15, 0.2) is 0 Å². The SMILES string of the molecule is O=C(NCCN1CCN(C(=O)I)CC1)OCc1ccccc1. The summed E-state index contributed by atoms with van der Waals surface area (Å²) in [5.74, 6) is 0. The van der Waals surface area contributed by atoms with Crippen molar-refractivity contribution >= 4 is 32.6 Å². The van der Waals surface area contributed by atoms with E-state index in [4.69, 9.17) is 4.74 Å². The lowest BCUT2D eigenvalue weighted by atomic mass is 10.2. The molecule has 0 radical (unpaired) electrons. The van der Waals surface area contributed by atoms with Crippen molar-refractivity contribution in [3.63, 3.8) is 0 Å². The second-order valence-electron chi connectivity index (χ2n) is 5.07. The summed E-state index contributed by atoms with van der Waals surface area (Å²) in [6.07, 6.45) is -0.398. The van der Waals surface area contributed by atoms with Gasteiger partial charge in [-0.3, -0.25) is 9.69 Å². The zero-order valence-corrected chi connectivity index (χ0v) is 14.5. The molecule has 0 bridgehead atoms. The molecule has 0 aliphatic carbocycles. The van der Waals surface area contributed by atoms with Crippen LogP contribution in [0.5, 0.6) is 0 Å². The summed E-state index contributed by atoms with van der Waals surface area (Å²) in [6, 6.07) is 9.59. The van der Waals surface area contributed by atoms with Gasteiger partial charge in [0.25, 0.3) is 3.91 Å². The topological polar surface area (TPSA) is 61.9 Å². The molecule has 1 saturated heterocycles. The summed E-state index contributed by atoms with van der Waals surface area (Å²) < 4.78 is 5.24. The average Bonchev–Trinajstić information content (AvgIpc) is 2.54. The number of ether oxygens (including phenoxy) is 1. The fraction of sp³-hybridized carbons (Fsp3) is 0.467. The third kappa shape index (κ3) is 5.80. The van der Waals surface area contributed by atoms with Gasteiger partial charge in [-0.15, -0.1) is 0 Å². The van der Waals surface area contributed by atoms with E-state index in [9.17, 15) is 9.59 Å². The number of nitrogens with one attached hydrogen (secondary N) is 1. The van der Waals surface area contributed by atoms with E-state index in [-0.39, 0.29) is 10.5 Å². The molecule has 1 aliphatic rings. The van der Waals surface area contributed by atoms with E-state index >= 15 is 0 Å². The molecule has 1 aliphatic heterocycles. The van der Waals surface area contributed by atoms with Crippen LogP contribution in [0, 0.1) is 0 Å². The molecule has 0 unspecified atom stereocenters. The van der Waals surface area contributed by atoms with Gasteiger partial charge in [-0.1, -0.05) is 30.3 Å². The average molecular weight is 417 g/mol. The van der Waals surface area contributed by atoms with Gasteiger partial charge in [-0.05, 0) is 5.56 Å². The number of amides is 2. The Kier molecular flexibility index (Phi) is 6.91. The first-order valence-corrected chi connectivity index (χ1v) is 8.34. The molecular weight excluding hydrogens is 397 g/mol. The summed E-state index contributed by atoms with van der Waals surface area (Å²) in [5, 5.41) is 2.75. The van der Waals surface area contributed by atoms with Gasteiger partial charge in [0.2, 0.25) is 0 Å². The first-order chi connectivity index (χ1) is 10.6. The third-order valence-electron chi connectivity index (χ3n) is 3.53. The highest BCUT2D eigenvalue weighted by molar-refractivity contribution is 14.1. The Bertz CT molecular complexity index is 490. The van der Waals surface area contributed by atoms with Crippen LogP contribution in [-0.2, 0) is 11.3 Å². The zero-order chi connectivity index (χ0) is 15.8. The van der Waals surface area contributed by atoms with E-state index in [1.54, 1.807) is 0 Å². The number of hydrogen-bond acceptors (Lipinski definition) is 4. The van der Waals surface area contributed by atoms with Crippen LogP contribution in [0.4, 0.5) is 9.59 Å². The molecule has 1 aromatic rings. The molecular formula is C15H20IN3O3. The number of alkyl carbamates (subject to hydrolysis) is 1. The molecule has 0 atom stereocenters. The lowest BCUT2D eigenvalue weighted by Crippen LogP contribution is -2.48. The third-order valence-corrected chi connectivity index (χ3v) is 4.21. The molecule has 1 fully saturated rings. The molecule has 6 nitrogen and oxygen atoms in total. The second kappa shape index (κ2) is 8.94. The predicted molar refractivity (Wildman–Crippen MR) is 92.1 cm³/mol. The van der Waals surface area contributed by atoms with Crippen molar-refractivity contribution in [1.82, 2.24) is 15.1 Å². The Labute approximate surface area is 143 Å². The molecule has 0 spiro atoms. The summed E-state index contributed by atoms with van der Waals surface area (Å²) >= 11 is 1.82. The molecule has 0 aromatic heterocycles. The summed E-state index contributed by atoms with van der Waals surface area (Å²) in [6.45, 7) is 4.78. The zero-order valence-electron chi connectivity index (χ0n) is 12.3. The number of hydrogen-bond donors (Lipinski definition) is 1. The normalized spacial score (nSPS) is 15.4. The highest BCUT2D eigenvalue weighted by atomic mass is 127. The Morgan fingerprint density at radius 1 is 1.14 bits per heavy atom. The minimum Gasteiger partial charge on any atom is -0.445 e. The summed E-state index contributed by atoms with van der Waals surface area (Å²) in [4.78, 5) is 26.9. The fourth-order valence-electron chi connectivity index (χ4n) is 2.24. The number of benzene rings is 1. The molecule has 1 aromatic carbocycles. The van der Waals surface area contributed by atoms with Gasteiger partial charge in [0.1, 0.15) is 6.61 Å². The highest BCUT2D eigenvalue weighted by Crippen LogP contribution is 2.06. The van der Waals surface area contributed by atoms with E-state index in [1.165, 1.54) is 0 Å². The van der Waals surface area contributed by atoms with E-state index in [2.05, 4.69) is 10.2 Å². The lowest BCUT2D eigenvalue weighted by molar-refractivity contribution is 0.133. The Hall–Kier alpha value is -1.35. The maximum atomic E-state index is 11.6. The second-order valence-corrected chi connectivity index (χ2v) is 5.99. The number of halogens is 1. The van der Waals surface area contributed by atoms with Crippen LogP contribution in [0.1, 0.15) is 5.56 Å². The Balaban J connectivity index is 1.57. The smallest absolute Gasteiger partial charge is 0.407 e. The number of carbonyl (C=O) groups is 2. The van der Waals surface area contributed by atoms with Crippen LogP contribution in [0.3, 0.4) is 0 Å². The number of carbonyl (C=O) groups excluding carboxylic acids is 2. The van der Waals surface area contributed by atoms with Crippen LogP contribution < -0.4 is 5.32 Å². The molecule has 2 rings (SSSR count). The summed E-state index contributed by atoms with van der Waals surface area (Å²) in [7, 11) is 0. The van der Waals surface area contributed by atoms with Gasteiger partial charge >= 0.3 is 6.09 Å². The van der Waals surface area contributed by atoms with E-state index in [0.717, 1.165) is 38.3 Å². The fourth-order valence-corrected chi connectivity index (χ4v) is 2.72. The minimum atomic E-state index is -0.398. The quantitative estimate of drug-likeness (QED) is 0.453. The standard InChI is InChI=1S/C15H20IN3O3/c16-14(20)19-10-8-18(9-11-19)7-6-17-15(21)22-12-13-4-2-1-3-5-13/h1-5H,6-12H2,(H,17,21). The van der Waals surface area contributed by atoms with Gasteiger partial charge < -0.3 is 15.0 Å². The Morgan fingerprint density at radius 2 is 1.82 bits per heavy atom. The molecule has 0 saturated carbocycles. The van der Waals surface area contributed by atoms with Crippen LogP contribution in [-0.4, -0.2) is 59.1 Å². The number of nitrogens with zero attached hydrogens (tertiary/aromatic N) is 2. The van der Waals surface area contributed by atoms with E-state index < -0.39 is 6.09 Å². The first-order valence-electron chi connectivity index (χ1n) is 7.26. The molecule has 1 N–H and O–H groups in total. The van der Waals surface area contributed by atoms with Gasteiger partial charge in [0, 0.05) is 61.9 Å². The predicted octanol–water partition coefficient (Wildman–Crippen LogP) is 2.09. The molecule has 1 heterocycles. The molecule has 22 heavy (non-hydrogen) atoms. The summed E-state index contributed by atoms with van der Waals surface area (Å²) in [5.41, 5.74) is 0.970. The van der Waals surface area contributed by atoms with Crippen molar-refractivity contribution in [2.45, 2.75) is 6.61 Å². The van der Waals surface area contributed by atoms with Crippen molar-refractivity contribution in [1.29, 1.82) is 0 Å². The van der Waals surface area contributed by atoms with Crippen molar-refractivity contribution < 1.29 is 14.3 Å². The maximum absolute atomic E-state index is 11.6. The number of rotatable bonds is 5. The van der Waals surface area contributed by atoms with Crippen molar-refractivity contribution in [3.8, 4) is 0 Å². The molecule has 120 valence electrons. The maximum Gasteiger partial charge on any atom is 0.407 e. The van der Waals surface area contributed by atoms with Crippen molar-refractivity contribution in [3.05, 3.63) is 35.9 Å². The van der Waals surface area contributed by atoms with Gasteiger partial charge in [-0.2, -0.15) is 0 Å². The van der Waals surface area contributed by atoms with Gasteiger partial charge in [0.05, 0.1) is 0 Å². The van der Waals surface area contributed by atoms with E-state index in [1.807, 2.05) is 57.8 Å². The minimum absolute atomic E-state index is 0.0971. The van der Waals surface area contributed by atoms with Crippen LogP contribution in [0.25, 0.3) is 0 Å². The first kappa shape index (κ1) is 17.0. The largest absolute Gasteiger partial charge is 0.445 e. The van der Waals surface area contributed by atoms with Crippen molar-refractivity contribution in [2.24, 2.45) is 0 Å². The number of piperazine rings is 1. The monoisotopic (exact) mass is 417 g/mol. The van der Waals surface area contributed by atoms with Crippen LogP contribution >= 0.6 is 22.6 Å². The van der Waals surface area contributed by atoms with Crippen LogP contribution in [0.2, 0.25) is 0 Å². The van der Waals surface area contributed by atoms with Gasteiger partial charge in [-0.25, -0.2) is 4.79 Å². The highest BCUT2D eigenvalue weighted by Gasteiger charge is 2.18. The molecule has 2 amide bonds. The van der Waals surface area contributed by atoms with E-state index in [0.29, 0.717) is 6.54 Å².